The zero-order valence-corrected chi connectivity index (χ0v) is 12.7. The van der Waals surface area contributed by atoms with Crippen molar-refractivity contribution in [2.75, 3.05) is 18.0 Å². The molecule has 1 unspecified atom stereocenters. The van der Waals surface area contributed by atoms with E-state index >= 15 is 0 Å². The van der Waals surface area contributed by atoms with Gasteiger partial charge < -0.3 is 10.0 Å². The normalized spacial score (nSPS) is 19.9. The van der Waals surface area contributed by atoms with E-state index in [1.54, 1.807) is 0 Å². The number of aliphatic hydroxyl groups is 1. The first kappa shape index (κ1) is 13.2. The molecule has 1 aliphatic heterocycles. The molecule has 2 heterocycles. The lowest BCUT2D eigenvalue weighted by Crippen LogP contribution is -2.38. The van der Waals surface area contributed by atoms with Crippen molar-refractivity contribution in [2.24, 2.45) is 0 Å². The molecule has 0 amide bonds. The highest BCUT2D eigenvalue weighted by Gasteiger charge is 2.19. The van der Waals surface area contributed by atoms with Crippen LogP contribution in [-0.2, 0) is 0 Å². The van der Waals surface area contributed by atoms with Gasteiger partial charge in [-0.25, -0.2) is 4.98 Å². The van der Waals surface area contributed by atoms with Gasteiger partial charge in [0.1, 0.15) is 5.82 Å². The van der Waals surface area contributed by atoms with Crippen LogP contribution in [0.4, 0.5) is 5.82 Å². The highest BCUT2D eigenvalue weighted by Crippen LogP contribution is 2.29. The standard InChI is InChI=1S/C14H14BrClN2O/c15-10-6-9-3-4-13(17-14(9)12(16)7-10)18-5-1-2-11(19)8-18/h3-4,6-7,11,19H,1-2,5,8H2. The van der Waals surface area contributed by atoms with Crippen molar-refractivity contribution >= 4 is 44.3 Å². The number of fused-ring (bicyclic) bond motifs is 1. The lowest BCUT2D eigenvalue weighted by molar-refractivity contribution is 0.154. The number of benzene rings is 1. The Labute approximate surface area is 125 Å². The van der Waals surface area contributed by atoms with Crippen molar-refractivity contribution in [3.8, 4) is 0 Å². The Morgan fingerprint density at radius 2 is 2.21 bits per heavy atom. The molecule has 3 nitrogen and oxygen atoms in total. The van der Waals surface area contributed by atoms with Crippen LogP contribution in [0.5, 0.6) is 0 Å². The first-order chi connectivity index (χ1) is 9.13. The van der Waals surface area contributed by atoms with Gasteiger partial charge in [0.15, 0.2) is 0 Å². The van der Waals surface area contributed by atoms with Crippen LogP contribution in [0.3, 0.4) is 0 Å². The van der Waals surface area contributed by atoms with E-state index in [0.717, 1.165) is 40.6 Å². The minimum atomic E-state index is -0.258. The Kier molecular flexibility index (Phi) is 3.65. The van der Waals surface area contributed by atoms with E-state index in [1.807, 2.05) is 24.3 Å². The van der Waals surface area contributed by atoms with Gasteiger partial charge in [-0.1, -0.05) is 27.5 Å². The number of piperidine rings is 1. The summed E-state index contributed by atoms with van der Waals surface area (Å²) in [7, 11) is 0. The first-order valence-electron chi connectivity index (χ1n) is 6.32. The van der Waals surface area contributed by atoms with Crippen LogP contribution < -0.4 is 4.90 Å². The van der Waals surface area contributed by atoms with Crippen LogP contribution in [0, 0.1) is 0 Å². The van der Waals surface area contributed by atoms with Crippen LogP contribution in [0.1, 0.15) is 12.8 Å². The summed E-state index contributed by atoms with van der Waals surface area (Å²) >= 11 is 9.67. The Bertz CT molecular complexity index is 620. The first-order valence-corrected chi connectivity index (χ1v) is 7.49. The maximum Gasteiger partial charge on any atom is 0.129 e. The topological polar surface area (TPSA) is 36.4 Å². The summed E-state index contributed by atoms with van der Waals surface area (Å²) in [6, 6.07) is 7.87. The Morgan fingerprint density at radius 1 is 1.37 bits per heavy atom. The number of β-amino-alcohol motifs (C(OH)–C–C–N with tert-alkyl or cyclic N) is 1. The van der Waals surface area contributed by atoms with Crippen LogP contribution in [0.2, 0.25) is 5.02 Å². The molecule has 1 aromatic heterocycles. The zero-order valence-electron chi connectivity index (χ0n) is 10.3. The molecule has 1 fully saturated rings. The van der Waals surface area contributed by atoms with Gasteiger partial charge in [0.05, 0.1) is 16.6 Å². The molecule has 2 aromatic rings. The average Bonchev–Trinajstić information content (AvgIpc) is 2.38. The molecule has 0 spiro atoms. The molecule has 1 aromatic carbocycles. The van der Waals surface area contributed by atoms with Crippen LogP contribution in [0.25, 0.3) is 10.9 Å². The average molecular weight is 342 g/mol. The minimum absolute atomic E-state index is 0.258. The predicted octanol–water partition coefficient (Wildman–Crippen LogP) is 3.61. The Morgan fingerprint density at radius 3 is 3.00 bits per heavy atom. The molecule has 1 atom stereocenters. The van der Waals surface area contributed by atoms with E-state index in [2.05, 4.69) is 25.8 Å². The van der Waals surface area contributed by atoms with Crippen molar-refractivity contribution in [1.82, 2.24) is 4.98 Å². The molecule has 5 heteroatoms. The second kappa shape index (κ2) is 5.27. The molecule has 1 N–H and O–H groups in total. The number of aliphatic hydroxyl groups excluding tert-OH is 1. The molecule has 19 heavy (non-hydrogen) atoms. The van der Waals surface area contributed by atoms with E-state index < -0.39 is 0 Å². The van der Waals surface area contributed by atoms with Crippen LogP contribution in [0.15, 0.2) is 28.7 Å². The van der Waals surface area contributed by atoms with E-state index in [9.17, 15) is 5.11 Å². The van der Waals surface area contributed by atoms with Gasteiger partial charge in [0.2, 0.25) is 0 Å². The zero-order chi connectivity index (χ0) is 13.4. The quantitative estimate of drug-likeness (QED) is 0.861. The molecule has 0 radical (unpaired) electrons. The third-order valence-electron chi connectivity index (χ3n) is 3.42. The fourth-order valence-electron chi connectivity index (χ4n) is 2.49. The smallest absolute Gasteiger partial charge is 0.129 e. The summed E-state index contributed by atoms with van der Waals surface area (Å²) in [5.41, 5.74) is 0.808. The van der Waals surface area contributed by atoms with Crippen LogP contribution >= 0.6 is 27.5 Å². The summed E-state index contributed by atoms with van der Waals surface area (Å²) in [6.45, 7) is 1.58. The molecule has 3 rings (SSSR count). The minimum Gasteiger partial charge on any atom is -0.391 e. The number of aromatic nitrogens is 1. The Hall–Kier alpha value is -0.840. The second-order valence-electron chi connectivity index (χ2n) is 4.87. The highest BCUT2D eigenvalue weighted by molar-refractivity contribution is 9.10. The second-order valence-corrected chi connectivity index (χ2v) is 6.19. The number of anilines is 1. The van der Waals surface area contributed by atoms with Crippen molar-refractivity contribution in [2.45, 2.75) is 18.9 Å². The summed E-state index contributed by atoms with van der Waals surface area (Å²) in [6.07, 6.45) is 1.61. The van der Waals surface area contributed by atoms with Gasteiger partial charge in [-0.05, 0) is 37.1 Å². The lowest BCUT2D eigenvalue weighted by atomic mass is 10.1. The molecule has 0 aliphatic carbocycles. The molecule has 0 bridgehead atoms. The number of hydrogen-bond acceptors (Lipinski definition) is 3. The predicted molar refractivity (Wildman–Crippen MR) is 81.9 cm³/mol. The van der Waals surface area contributed by atoms with Crippen molar-refractivity contribution < 1.29 is 5.11 Å². The maximum atomic E-state index is 9.74. The number of halogens is 2. The van der Waals surface area contributed by atoms with Crippen LogP contribution in [-0.4, -0.2) is 29.3 Å². The van der Waals surface area contributed by atoms with E-state index in [-0.39, 0.29) is 6.10 Å². The van der Waals surface area contributed by atoms with Crippen molar-refractivity contribution in [3.63, 3.8) is 0 Å². The fraction of sp³-hybridized carbons (Fsp3) is 0.357. The summed E-state index contributed by atoms with van der Waals surface area (Å²) in [4.78, 5) is 6.75. The van der Waals surface area contributed by atoms with E-state index in [0.29, 0.717) is 11.6 Å². The molecule has 1 saturated heterocycles. The molecular formula is C14H14BrClN2O. The number of pyridine rings is 1. The van der Waals surface area contributed by atoms with E-state index in [4.69, 9.17) is 11.6 Å². The molecule has 100 valence electrons. The van der Waals surface area contributed by atoms with Gasteiger partial charge in [-0.15, -0.1) is 0 Å². The SMILES string of the molecule is OC1CCCN(c2ccc3cc(Br)cc(Cl)c3n2)C1. The largest absolute Gasteiger partial charge is 0.391 e. The molecular weight excluding hydrogens is 328 g/mol. The summed E-state index contributed by atoms with van der Waals surface area (Å²) < 4.78 is 0.952. The number of hydrogen-bond donors (Lipinski definition) is 1. The lowest BCUT2D eigenvalue weighted by Gasteiger charge is -2.31. The van der Waals surface area contributed by atoms with E-state index in [1.165, 1.54) is 0 Å². The summed E-state index contributed by atoms with van der Waals surface area (Å²) in [5, 5.41) is 11.4. The maximum absolute atomic E-state index is 9.74. The molecule has 0 saturated carbocycles. The fourth-order valence-corrected chi connectivity index (χ4v) is 3.36. The number of rotatable bonds is 1. The summed E-state index contributed by atoms with van der Waals surface area (Å²) in [5.74, 6) is 0.885. The van der Waals surface area contributed by atoms with Crippen molar-refractivity contribution in [1.29, 1.82) is 0 Å². The van der Waals surface area contributed by atoms with Gasteiger partial charge in [0, 0.05) is 22.9 Å². The van der Waals surface area contributed by atoms with Gasteiger partial charge in [-0.3, -0.25) is 0 Å². The third-order valence-corrected chi connectivity index (χ3v) is 4.16. The van der Waals surface area contributed by atoms with Gasteiger partial charge in [0.25, 0.3) is 0 Å². The van der Waals surface area contributed by atoms with Gasteiger partial charge in [-0.2, -0.15) is 0 Å². The third kappa shape index (κ3) is 2.71. The number of nitrogens with zero attached hydrogens (tertiary/aromatic N) is 2. The molecule has 1 aliphatic rings. The highest BCUT2D eigenvalue weighted by atomic mass is 79.9. The Balaban J connectivity index is 2.01. The van der Waals surface area contributed by atoms with Gasteiger partial charge >= 0.3 is 0 Å². The monoisotopic (exact) mass is 340 g/mol. The van der Waals surface area contributed by atoms with Crippen molar-refractivity contribution in [3.05, 3.63) is 33.8 Å².